The molecule has 0 fully saturated rings. The van der Waals surface area contributed by atoms with E-state index in [4.69, 9.17) is 0 Å². The Bertz CT molecular complexity index is 437. The number of methoxy groups -OCH3 is 1. The summed E-state index contributed by atoms with van der Waals surface area (Å²) in [6.45, 7) is 0. The van der Waals surface area contributed by atoms with E-state index >= 15 is 0 Å². The summed E-state index contributed by atoms with van der Waals surface area (Å²) in [5.74, 6) is -0.606. The summed E-state index contributed by atoms with van der Waals surface area (Å²) >= 11 is 0. The minimum Gasteiger partial charge on any atom is -0.465 e. The summed E-state index contributed by atoms with van der Waals surface area (Å²) in [4.78, 5) is 18.0. The van der Waals surface area contributed by atoms with Crippen molar-refractivity contribution in [2.45, 2.75) is 5.16 Å². The Labute approximate surface area is 80.9 Å². The van der Waals surface area contributed by atoms with Crippen LogP contribution in [0.1, 0.15) is 10.4 Å². The number of ether oxygens (including phenoxy) is 1. The van der Waals surface area contributed by atoms with Crippen LogP contribution in [0.3, 0.4) is 0 Å². The van der Waals surface area contributed by atoms with Gasteiger partial charge in [0.15, 0.2) is 0 Å². The Hall–Kier alpha value is -1.50. The molecule has 0 aromatic carbocycles. The fourth-order valence-electron chi connectivity index (χ4n) is 0.731. The SMILES string of the molecule is COC(=O)c1cnc(S(C)(=O)=O)nc1. The van der Waals surface area contributed by atoms with Crippen LogP contribution in [0.15, 0.2) is 17.6 Å². The number of hydrogen-bond acceptors (Lipinski definition) is 6. The van der Waals surface area contributed by atoms with Crippen molar-refractivity contribution in [1.29, 1.82) is 0 Å². The van der Waals surface area contributed by atoms with Crippen molar-refractivity contribution >= 4 is 15.8 Å². The third-order valence-electron chi connectivity index (χ3n) is 1.38. The summed E-state index contributed by atoms with van der Waals surface area (Å²) in [6, 6.07) is 0. The van der Waals surface area contributed by atoms with E-state index in [9.17, 15) is 13.2 Å². The van der Waals surface area contributed by atoms with E-state index < -0.39 is 15.8 Å². The van der Waals surface area contributed by atoms with E-state index in [1.807, 2.05) is 0 Å². The normalized spacial score (nSPS) is 11.0. The average molecular weight is 216 g/mol. The molecule has 0 radical (unpaired) electrons. The van der Waals surface area contributed by atoms with Crippen LogP contribution in [0, 0.1) is 0 Å². The van der Waals surface area contributed by atoms with Crippen LogP contribution in [0.4, 0.5) is 0 Å². The number of hydrogen-bond donors (Lipinski definition) is 0. The molecule has 1 heterocycles. The van der Waals surface area contributed by atoms with Gasteiger partial charge in [-0.1, -0.05) is 0 Å². The van der Waals surface area contributed by atoms with Crippen molar-refractivity contribution in [1.82, 2.24) is 9.97 Å². The molecule has 0 aliphatic carbocycles. The maximum Gasteiger partial charge on any atom is 0.341 e. The highest BCUT2D eigenvalue weighted by atomic mass is 32.2. The van der Waals surface area contributed by atoms with E-state index in [0.29, 0.717) is 0 Å². The van der Waals surface area contributed by atoms with Gasteiger partial charge in [-0.25, -0.2) is 23.2 Å². The Kier molecular flexibility index (Phi) is 2.80. The number of sulfone groups is 1. The third-order valence-corrected chi connectivity index (χ3v) is 2.26. The standard InChI is InChI=1S/C7H8N2O4S/c1-13-6(10)5-3-8-7(9-4-5)14(2,11)12/h3-4H,1-2H3. The quantitative estimate of drug-likeness (QED) is 0.497. The van der Waals surface area contributed by atoms with E-state index in [2.05, 4.69) is 14.7 Å². The molecular weight excluding hydrogens is 208 g/mol. The second kappa shape index (κ2) is 3.70. The lowest BCUT2D eigenvalue weighted by Gasteiger charge is -1.98. The summed E-state index contributed by atoms with van der Waals surface area (Å²) in [7, 11) is -2.21. The summed E-state index contributed by atoms with van der Waals surface area (Å²) in [6.07, 6.45) is 3.20. The molecule has 6 nitrogen and oxygen atoms in total. The zero-order chi connectivity index (χ0) is 10.8. The van der Waals surface area contributed by atoms with Gasteiger partial charge in [-0.15, -0.1) is 0 Å². The first-order valence-corrected chi connectivity index (χ1v) is 5.44. The molecule has 0 aliphatic rings. The number of carbonyl (C=O) groups excluding carboxylic acids is 1. The molecule has 0 spiro atoms. The fourth-order valence-corrected chi connectivity index (χ4v) is 1.22. The van der Waals surface area contributed by atoms with Gasteiger partial charge in [0.25, 0.3) is 0 Å². The molecule has 1 rings (SSSR count). The molecule has 0 atom stereocenters. The van der Waals surface area contributed by atoms with Gasteiger partial charge in [0.1, 0.15) is 0 Å². The Morgan fingerprint density at radius 3 is 2.21 bits per heavy atom. The van der Waals surface area contributed by atoms with Crippen molar-refractivity contribution in [3.05, 3.63) is 18.0 Å². The first-order chi connectivity index (χ1) is 6.45. The largest absolute Gasteiger partial charge is 0.465 e. The second-order valence-electron chi connectivity index (χ2n) is 2.52. The summed E-state index contributed by atoms with van der Waals surface area (Å²) < 4.78 is 26.3. The lowest BCUT2D eigenvalue weighted by Crippen LogP contribution is -2.07. The van der Waals surface area contributed by atoms with Crippen LogP contribution in [0.5, 0.6) is 0 Å². The topological polar surface area (TPSA) is 86.2 Å². The van der Waals surface area contributed by atoms with Gasteiger partial charge in [-0.05, 0) is 0 Å². The first kappa shape index (κ1) is 10.6. The van der Waals surface area contributed by atoms with Gasteiger partial charge in [-0.3, -0.25) is 0 Å². The summed E-state index contributed by atoms with van der Waals surface area (Å²) in [5.41, 5.74) is 0.111. The van der Waals surface area contributed by atoms with Gasteiger partial charge in [0, 0.05) is 18.6 Å². The smallest absolute Gasteiger partial charge is 0.341 e. The van der Waals surface area contributed by atoms with Crippen LogP contribution in [0.25, 0.3) is 0 Å². The number of esters is 1. The molecule has 0 saturated carbocycles. The van der Waals surface area contributed by atoms with E-state index in [0.717, 1.165) is 18.6 Å². The van der Waals surface area contributed by atoms with Gasteiger partial charge in [0.2, 0.25) is 15.0 Å². The van der Waals surface area contributed by atoms with E-state index in [-0.39, 0.29) is 10.7 Å². The van der Waals surface area contributed by atoms with Gasteiger partial charge in [0.05, 0.1) is 12.7 Å². The minimum absolute atomic E-state index is 0.111. The fraction of sp³-hybridized carbons (Fsp3) is 0.286. The molecule has 1 aromatic rings. The van der Waals surface area contributed by atoms with E-state index in [1.165, 1.54) is 7.11 Å². The van der Waals surface area contributed by atoms with Crippen LogP contribution in [-0.4, -0.2) is 37.7 Å². The molecule has 0 unspecified atom stereocenters. The molecule has 0 amide bonds. The van der Waals surface area contributed by atoms with Gasteiger partial charge in [-0.2, -0.15) is 0 Å². The zero-order valence-electron chi connectivity index (χ0n) is 7.59. The maximum atomic E-state index is 10.9. The summed E-state index contributed by atoms with van der Waals surface area (Å²) in [5, 5.41) is -0.315. The number of nitrogens with zero attached hydrogens (tertiary/aromatic N) is 2. The number of carbonyl (C=O) groups is 1. The second-order valence-corrected chi connectivity index (χ2v) is 4.43. The van der Waals surface area contributed by atoms with Crippen molar-refractivity contribution in [2.75, 3.05) is 13.4 Å². The molecule has 0 bridgehead atoms. The zero-order valence-corrected chi connectivity index (χ0v) is 8.41. The molecular formula is C7H8N2O4S. The third kappa shape index (κ3) is 2.25. The van der Waals surface area contributed by atoms with Crippen LogP contribution in [-0.2, 0) is 14.6 Å². The predicted molar refractivity (Wildman–Crippen MR) is 46.5 cm³/mol. The maximum absolute atomic E-state index is 10.9. The minimum atomic E-state index is -3.43. The molecule has 0 N–H and O–H groups in total. The highest BCUT2D eigenvalue weighted by Crippen LogP contribution is 2.02. The highest BCUT2D eigenvalue weighted by Gasteiger charge is 2.12. The Morgan fingerprint density at radius 1 is 1.36 bits per heavy atom. The first-order valence-electron chi connectivity index (χ1n) is 3.55. The highest BCUT2D eigenvalue weighted by molar-refractivity contribution is 7.90. The van der Waals surface area contributed by atoms with Crippen molar-refractivity contribution in [2.24, 2.45) is 0 Å². The number of rotatable bonds is 2. The van der Waals surface area contributed by atoms with Crippen molar-refractivity contribution in [3.63, 3.8) is 0 Å². The van der Waals surface area contributed by atoms with Crippen molar-refractivity contribution in [3.8, 4) is 0 Å². The average Bonchev–Trinajstić information content (AvgIpc) is 2.15. The Morgan fingerprint density at radius 2 is 1.86 bits per heavy atom. The molecule has 7 heteroatoms. The van der Waals surface area contributed by atoms with Gasteiger partial charge >= 0.3 is 5.97 Å². The number of aromatic nitrogens is 2. The van der Waals surface area contributed by atoms with Crippen LogP contribution < -0.4 is 0 Å². The Balaban J connectivity index is 3.07. The van der Waals surface area contributed by atoms with Gasteiger partial charge < -0.3 is 4.74 Å². The molecule has 1 aromatic heterocycles. The molecule has 0 aliphatic heterocycles. The molecule has 76 valence electrons. The van der Waals surface area contributed by atoms with E-state index in [1.54, 1.807) is 0 Å². The lowest BCUT2D eigenvalue weighted by molar-refractivity contribution is 0.0599. The van der Waals surface area contributed by atoms with Crippen LogP contribution >= 0.6 is 0 Å². The molecule has 14 heavy (non-hydrogen) atoms. The molecule has 0 saturated heterocycles. The van der Waals surface area contributed by atoms with Crippen molar-refractivity contribution < 1.29 is 17.9 Å². The van der Waals surface area contributed by atoms with Crippen LogP contribution in [0.2, 0.25) is 0 Å². The predicted octanol–water partition coefficient (Wildman–Crippen LogP) is -0.333. The lowest BCUT2D eigenvalue weighted by atomic mass is 10.4. The monoisotopic (exact) mass is 216 g/mol.